The molecule has 0 radical (unpaired) electrons. The van der Waals surface area contributed by atoms with Gasteiger partial charge in [-0.25, -0.2) is 0 Å². The summed E-state index contributed by atoms with van der Waals surface area (Å²) in [6.45, 7) is 27.7. The summed E-state index contributed by atoms with van der Waals surface area (Å²) < 4.78 is 36.5. The van der Waals surface area contributed by atoms with E-state index >= 15 is 0 Å². The smallest absolute Gasteiger partial charge is 0.245 e. The van der Waals surface area contributed by atoms with Gasteiger partial charge in [0.2, 0.25) is 11.8 Å². The number of unbranched alkanes of at least 4 members (excludes halogenated alkanes) is 3. The van der Waals surface area contributed by atoms with Gasteiger partial charge in [0.05, 0.1) is 25.9 Å². The van der Waals surface area contributed by atoms with Crippen molar-refractivity contribution >= 4 is 29.2 Å². The first-order chi connectivity index (χ1) is 31.4. The Morgan fingerprint density at radius 1 is 0.500 bits per heavy atom. The molecule has 0 spiro atoms. The number of ether oxygens (including phenoxy) is 6. The highest BCUT2D eigenvalue weighted by Crippen LogP contribution is 2.30. The number of hydrogen-bond donors (Lipinski definition) is 3. The Morgan fingerprint density at radius 2 is 0.864 bits per heavy atom. The van der Waals surface area contributed by atoms with E-state index in [-0.39, 0.29) is 53.3 Å². The molecule has 66 heavy (non-hydrogen) atoms. The van der Waals surface area contributed by atoms with Gasteiger partial charge < -0.3 is 44.2 Å². The number of ketones is 3. The van der Waals surface area contributed by atoms with E-state index in [1.165, 1.54) is 6.92 Å². The maximum absolute atomic E-state index is 13.0. The van der Waals surface area contributed by atoms with Crippen LogP contribution in [0.15, 0.2) is 12.2 Å². The van der Waals surface area contributed by atoms with E-state index in [1.807, 2.05) is 55.4 Å². The quantitative estimate of drug-likeness (QED) is 0.0393. The highest BCUT2D eigenvalue weighted by Gasteiger charge is 2.33. The summed E-state index contributed by atoms with van der Waals surface area (Å²) in [4.78, 5) is 61.1. The lowest BCUT2D eigenvalue weighted by molar-refractivity contribution is -0.131. The topological polar surface area (TPSA) is 185 Å². The molecular formula is C52H96N2O12. The minimum absolute atomic E-state index is 0.0624. The van der Waals surface area contributed by atoms with Crippen LogP contribution >= 0.6 is 0 Å². The molecule has 0 fully saturated rings. The molecule has 2 atom stereocenters. The molecule has 0 aromatic rings. The van der Waals surface area contributed by atoms with Gasteiger partial charge in [-0.3, -0.25) is 24.0 Å². The van der Waals surface area contributed by atoms with Crippen LogP contribution in [-0.4, -0.2) is 132 Å². The summed E-state index contributed by atoms with van der Waals surface area (Å²) in [6.07, 6.45) is 9.87. The number of amides is 2. The number of allylic oxidation sites excluding steroid dienone is 1. The van der Waals surface area contributed by atoms with Crippen molar-refractivity contribution < 1.29 is 57.5 Å². The number of rotatable bonds is 47. The van der Waals surface area contributed by atoms with E-state index in [0.717, 1.165) is 44.1 Å². The average Bonchev–Trinajstić information content (AvgIpc) is 3.25. The molecule has 2 amide bonds. The van der Waals surface area contributed by atoms with E-state index in [1.54, 1.807) is 0 Å². The van der Waals surface area contributed by atoms with Crippen LogP contribution in [0.3, 0.4) is 0 Å². The molecule has 0 heterocycles. The summed E-state index contributed by atoms with van der Waals surface area (Å²) in [5, 5.41) is 15.8. The third-order valence-corrected chi connectivity index (χ3v) is 11.1. The number of carbonyl (C=O) groups excluding carboxylic acids is 5. The van der Waals surface area contributed by atoms with Gasteiger partial charge in [-0.15, -0.1) is 0 Å². The van der Waals surface area contributed by atoms with Crippen molar-refractivity contribution in [2.75, 3.05) is 85.8 Å². The van der Waals surface area contributed by atoms with Crippen LogP contribution in [-0.2, 0) is 52.4 Å². The molecule has 0 bridgehead atoms. The van der Waals surface area contributed by atoms with Crippen molar-refractivity contribution in [3.8, 4) is 0 Å². The zero-order valence-electron chi connectivity index (χ0n) is 43.1. The Bertz CT molecular complexity index is 1200. The van der Waals surface area contributed by atoms with Gasteiger partial charge in [0.15, 0.2) is 0 Å². The number of aliphatic hydroxyl groups excluding tert-OH is 1. The Kier molecular flexibility index (Phi) is 38.7. The predicted molar refractivity (Wildman–Crippen MR) is 261 cm³/mol. The van der Waals surface area contributed by atoms with Crippen LogP contribution in [0.1, 0.15) is 165 Å². The second-order valence-corrected chi connectivity index (χ2v) is 19.5. The molecular weight excluding hydrogens is 845 g/mol. The fourth-order valence-corrected chi connectivity index (χ4v) is 6.90. The van der Waals surface area contributed by atoms with Crippen molar-refractivity contribution in [1.29, 1.82) is 0 Å². The molecule has 0 aromatic heterocycles. The van der Waals surface area contributed by atoms with Gasteiger partial charge >= 0.3 is 0 Å². The summed E-state index contributed by atoms with van der Waals surface area (Å²) >= 11 is 0. The first kappa shape index (κ1) is 63.4. The molecule has 0 aliphatic rings. The standard InChI is InChI=1S/C52H96N2O12/c1-40(2)35-49(59)54-50(45(10)55)51(60)53-25-17-21-44(9)36-52(37-64-32-18-29-61-26-14-11-22-46(56)41(3)4,38-65-33-19-30-62-27-15-12-23-47(57)42(5)6)39-66-34-20-31-63-28-16-13-24-48(58)43(7)8/h40-43,45,50,55H,9,11-39H2,1-8,10H3,(H,53,60)(H,54,59). The van der Waals surface area contributed by atoms with E-state index in [2.05, 4.69) is 17.2 Å². The van der Waals surface area contributed by atoms with Crippen LogP contribution in [0.4, 0.5) is 0 Å². The lowest BCUT2D eigenvalue weighted by Crippen LogP contribution is -2.52. The normalized spacial score (nSPS) is 12.9. The van der Waals surface area contributed by atoms with Crippen LogP contribution in [0.2, 0.25) is 0 Å². The molecule has 0 aliphatic heterocycles. The lowest BCUT2D eigenvalue weighted by Gasteiger charge is -2.34. The fourth-order valence-electron chi connectivity index (χ4n) is 6.90. The monoisotopic (exact) mass is 941 g/mol. The Morgan fingerprint density at radius 3 is 1.21 bits per heavy atom. The van der Waals surface area contributed by atoms with Gasteiger partial charge in [0.25, 0.3) is 0 Å². The lowest BCUT2D eigenvalue weighted by atomic mass is 9.82. The first-order valence-electron chi connectivity index (χ1n) is 25.4. The largest absolute Gasteiger partial charge is 0.391 e. The van der Waals surface area contributed by atoms with Gasteiger partial charge in [-0.2, -0.15) is 0 Å². The highest BCUT2D eigenvalue weighted by molar-refractivity contribution is 5.88. The second-order valence-electron chi connectivity index (χ2n) is 19.5. The fraction of sp³-hybridized carbons (Fsp3) is 0.865. The van der Waals surface area contributed by atoms with Crippen molar-refractivity contribution in [3.05, 3.63) is 12.2 Å². The summed E-state index contributed by atoms with van der Waals surface area (Å²) in [7, 11) is 0. The van der Waals surface area contributed by atoms with Gasteiger partial charge in [-0.1, -0.05) is 67.5 Å². The van der Waals surface area contributed by atoms with Gasteiger partial charge in [0.1, 0.15) is 23.4 Å². The van der Waals surface area contributed by atoms with Crippen molar-refractivity contribution in [2.45, 2.75) is 177 Å². The molecule has 0 saturated carbocycles. The maximum Gasteiger partial charge on any atom is 0.245 e. The number of carbonyl (C=O) groups is 5. The average molecular weight is 941 g/mol. The number of hydrogen-bond acceptors (Lipinski definition) is 12. The molecule has 0 aromatic carbocycles. The summed E-state index contributed by atoms with van der Waals surface area (Å²) in [5.41, 5.74) is 0.394. The SMILES string of the molecule is C=C(CCCNC(=O)C(NC(=O)CC(C)C)C(C)O)CC(COCCCOCCCCC(=O)C(C)C)(COCCCOCCCCC(=O)C(C)C)COCCCOCCCCC(=O)C(C)C. The summed E-state index contributed by atoms with van der Waals surface area (Å²) in [5.74, 6) is 0.448. The van der Waals surface area contributed by atoms with Crippen molar-refractivity contribution in [3.63, 3.8) is 0 Å². The highest BCUT2D eigenvalue weighted by atomic mass is 16.5. The third-order valence-electron chi connectivity index (χ3n) is 11.1. The second kappa shape index (κ2) is 40.3. The minimum Gasteiger partial charge on any atom is -0.391 e. The molecule has 14 nitrogen and oxygen atoms in total. The van der Waals surface area contributed by atoms with Crippen molar-refractivity contribution in [2.24, 2.45) is 29.1 Å². The van der Waals surface area contributed by atoms with Gasteiger partial charge in [0, 0.05) is 115 Å². The Hall–Kier alpha value is -2.59. The van der Waals surface area contributed by atoms with Crippen LogP contribution in [0.5, 0.6) is 0 Å². The number of aliphatic hydroxyl groups is 1. The molecule has 2 unspecified atom stereocenters. The molecule has 14 heteroatoms. The first-order valence-corrected chi connectivity index (χ1v) is 25.4. The molecule has 386 valence electrons. The molecule has 0 saturated heterocycles. The Balaban J connectivity index is 5.55. The third kappa shape index (κ3) is 35.5. The van der Waals surface area contributed by atoms with Crippen molar-refractivity contribution in [1.82, 2.24) is 10.6 Å². The van der Waals surface area contributed by atoms with E-state index in [9.17, 15) is 29.1 Å². The summed E-state index contributed by atoms with van der Waals surface area (Å²) in [6, 6.07) is -1.04. The van der Waals surface area contributed by atoms with E-state index in [4.69, 9.17) is 28.4 Å². The maximum atomic E-state index is 13.0. The molecule has 0 rings (SSSR count). The molecule has 0 aliphatic carbocycles. The van der Waals surface area contributed by atoms with Crippen LogP contribution < -0.4 is 10.6 Å². The Labute approximate surface area is 400 Å². The van der Waals surface area contributed by atoms with E-state index in [0.29, 0.717) is 144 Å². The number of Topliss-reactive ketones (excluding diaryl/α,β-unsaturated/α-hetero) is 3. The number of nitrogens with one attached hydrogen (secondary N) is 2. The zero-order valence-corrected chi connectivity index (χ0v) is 43.1. The molecule has 3 N–H and O–H groups in total. The predicted octanol–water partition coefficient (Wildman–Crippen LogP) is 8.18. The minimum atomic E-state index is -1.05. The van der Waals surface area contributed by atoms with Crippen LogP contribution in [0, 0.1) is 29.1 Å². The van der Waals surface area contributed by atoms with Gasteiger partial charge in [-0.05, 0) is 89.9 Å². The zero-order chi connectivity index (χ0) is 49.6. The van der Waals surface area contributed by atoms with Crippen LogP contribution in [0.25, 0.3) is 0 Å². The van der Waals surface area contributed by atoms with E-state index < -0.39 is 23.5 Å².